The lowest BCUT2D eigenvalue weighted by Gasteiger charge is -2.22. The third kappa shape index (κ3) is 51.6. The molecule has 2 atom stereocenters. The molecule has 0 heterocycles. The Morgan fingerprint density at radius 3 is 1.56 bits per heavy atom. The first-order valence-corrected chi connectivity index (χ1v) is 10.2. The molecule has 27 heavy (non-hydrogen) atoms. The second-order valence-electron chi connectivity index (χ2n) is 6.69. The summed E-state index contributed by atoms with van der Waals surface area (Å²) in [4.78, 5) is 9.22. The van der Waals surface area contributed by atoms with Crippen LogP contribution >= 0.6 is 0 Å². The number of carbonyl (C=O) groups is 1. The fourth-order valence-electron chi connectivity index (χ4n) is 2.11. The molecule has 1 aliphatic carbocycles. The summed E-state index contributed by atoms with van der Waals surface area (Å²) in [5, 5.41) is 0. The highest BCUT2D eigenvalue weighted by Crippen LogP contribution is 2.27. The van der Waals surface area contributed by atoms with Gasteiger partial charge in [0.25, 0.3) is 0 Å². The van der Waals surface area contributed by atoms with Gasteiger partial charge in [-0.25, -0.2) is 0 Å². The molecule has 0 saturated heterocycles. The van der Waals surface area contributed by atoms with Crippen LogP contribution in [0.4, 0.5) is 0 Å². The van der Waals surface area contributed by atoms with Gasteiger partial charge < -0.3 is 15.2 Å². The highest BCUT2D eigenvalue weighted by Gasteiger charge is 2.13. The number of hydrogen-bond donors (Lipinski definition) is 1. The van der Waals surface area contributed by atoms with Gasteiger partial charge in [0.05, 0.1) is 12.9 Å². The summed E-state index contributed by atoms with van der Waals surface area (Å²) in [5.74, 6) is 2.69. The van der Waals surface area contributed by atoms with Crippen LogP contribution in [0.25, 0.3) is 0 Å². The lowest BCUT2D eigenvalue weighted by molar-refractivity contribution is -0.115. The van der Waals surface area contributed by atoms with Crippen LogP contribution in [0.3, 0.4) is 0 Å². The summed E-state index contributed by atoms with van der Waals surface area (Å²) in [6.07, 6.45) is 12.0. The Morgan fingerprint density at radius 2 is 1.44 bits per heavy atom. The van der Waals surface area contributed by atoms with Crippen molar-refractivity contribution in [1.29, 1.82) is 0 Å². The second-order valence-corrected chi connectivity index (χ2v) is 6.69. The van der Waals surface area contributed by atoms with Crippen molar-refractivity contribution in [2.45, 2.75) is 87.0 Å². The van der Waals surface area contributed by atoms with Gasteiger partial charge in [-0.1, -0.05) is 53.0 Å². The van der Waals surface area contributed by atoms with E-state index in [2.05, 4.69) is 44.7 Å². The average Bonchev–Trinajstić information content (AvgIpc) is 2.62. The molecule has 2 N–H and O–H groups in total. The van der Waals surface area contributed by atoms with Crippen LogP contribution in [0.15, 0.2) is 24.5 Å². The van der Waals surface area contributed by atoms with E-state index in [-0.39, 0.29) is 5.91 Å². The number of carbonyl (C=O) groups excluding carboxylic acids is 1. The van der Waals surface area contributed by atoms with Crippen molar-refractivity contribution in [3.8, 4) is 0 Å². The van der Waals surface area contributed by atoms with Crippen LogP contribution in [0.5, 0.6) is 0 Å². The van der Waals surface area contributed by atoms with Crippen LogP contribution in [0.1, 0.15) is 87.0 Å². The van der Waals surface area contributed by atoms with Gasteiger partial charge in [0.2, 0.25) is 5.91 Å². The van der Waals surface area contributed by atoms with Crippen molar-refractivity contribution < 1.29 is 14.3 Å². The SMILES string of the molecule is C=CCC.CC(N)=O.CC/C=C(\C)OC.CC1CCCC(C)C1.CCOC. The van der Waals surface area contributed by atoms with Crippen molar-refractivity contribution in [2.75, 3.05) is 20.8 Å². The summed E-state index contributed by atoms with van der Waals surface area (Å²) < 4.78 is 9.39. The molecule has 0 aromatic rings. The number of nitrogens with two attached hydrogens (primary N) is 1. The average molecular weight is 388 g/mol. The van der Waals surface area contributed by atoms with Crippen LogP contribution < -0.4 is 5.73 Å². The van der Waals surface area contributed by atoms with E-state index in [9.17, 15) is 4.79 Å². The number of amides is 1. The monoisotopic (exact) mass is 387 g/mol. The highest BCUT2D eigenvalue weighted by atomic mass is 16.5. The maximum Gasteiger partial charge on any atom is 0.214 e. The third-order valence-corrected chi connectivity index (χ3v) is 3.59. The summed E-state index contributed by atoms with van der Waals surface area (Å²) in [6, 6.07) is 0. The Kier molecular flexibility index (Phi) is 36.4. The van der Waals surface area contributed by atoms with Crippen LogP contribution in [-0.4, -0.2) is 26.7 Å². The molecule has 4 nitrogen and oxygen atoms in total. The van der Waals surface area contributed by atoms with E-state index >= 15 is 0 Å². The van der Waals surface area contributed by atoms with E-state index in [0.717, 1.165) is 37.0 Å². The van der Waals surface area contributed by atoms with E-state index in [1.54, 1.807) is 14.2 Å². The minimum Gasteiger partial charge on any atom is -0.502 e. The van der Waals surface area contributed by atoms with Gasteiger partial charge in [0, 0.05) is 20.6 Å². The van der Waals surface area contributed by atoms with Crippen molar-refractivity contribution >= 4 is 5.91 Å². The molecule has 0 bridgehead atoms. The Morgan fingerprint density at radius 1 is 1.07 bits per heavy atom. The summed E-state index contributed by atoms with van der Waals surface area (Å²) in [7, 11) is 3.36. The fourth-order valence-corrected chi connectivity index (χ4v) is 2.11. The van der Waals surface area contributed by atoms with Gasteiger partial charge in [0.15, 0.2) is 0 Å². The predicted molar refractivity (Wildman–Crippen MR) is 121 cm³/mol. The largest absolute Gasteiger partial charge is 0.502 e. The Bertz CT molecular complexity index is 314. The molecule has 0 aliphatic heterocycles. The zero-order valence-corrected chi connectivity index (χ0v) is 19.8. The number of methoxy groups -OCH3 is 2. The fraction of sp³-hybridized carbons (Fsp3) is 0.783. The first-order valence-electron chi connectivity index (χ1n) is 10.2. The Labute approximate surface area is 170 Å². The molecule has 0 spiro atoms. The summed E-state index contributed by atoms with van der Waals surface area (Å²) in [5.41, 5.74) is 4.47. The maximum atomic E-state index is 9.22. The molecule has 0 aromatic heterocycles. The minimum atomic E-state index is -0.333. The molecule has 1 fully saturated rings. The van der Waals surface area contributed by atoms with E-state index in [4.69, 9.17) is 4.74 Å². The number of allylic oxidation sites excluding steroid dienone is 3. The molecule has 1 rings (SSSR count). The zero-order chi connectivity index (χ0) is 22.1. The Balaban J connectivity index is -0.000000128. The summed E-state index contributed by atoms with van der Waals surface area (Å²) in [6.45, 7) is 18.4. The zero-order valence-electron chi connectivity index (χ0n) is 19.8. The molecule has 2 unspecified atom stereocenters. The molecular weight excluding hydrogens is 338 g/mol. The quantitative estimate of drug-likeness (QED) is 0.442. The van der Waals surface area contributed by atoms with Crippen LogP contribution in [-0.2, 0) is 14.3 Å². The van der Waals surface area contributed by atoms with E-state index in [0.29, 0.717) is 0 Å². The topological polar surface area (TPSA) is 61.6 Å². The molecule has 0 radical (unpaired) electrons. The molecule has 1 saturated carbocycles. The molecule has 0 aromatic carbocycles. The first-order chi connectivity index (χ1) is 12.7. The second kappa shape index (κ2) is 29.5. The van der Waals surface area contributed by atoms with Gasteiger partial charge in [-0.15, -0.1) is 6.58 Å². The minimum absolute atomic E-state index is 0.333. The first kappa shape index (κ1) is 33.3. The molecule has 1 aliphatic rings. The van der Waals surface area contributed by atoms with Crippen molar-refractivity contribution in [3.05, 3.63) is 24.5 Å². The molecule has 1 amide bonds. The van der Waals surface area contributed by atoms with Crippen molar-refractivity contribution in [2.24, 2.45) is 17.6 Å². The van der Waals surface area contributed by atoms with Gasteiger partial charge in [-0.2, -0.15) is 0 Å². The predicted octanol–water partition coefficient (Wildman–Crippen LogP) is 6.51. The van der Waals surface area contributed by atoms with Crippen molar-refractivity contribution in [1.82, 2.24) is 0 Å². The van der Waals surface area contributed by atoms with Crippen molar-refractivity contribution in [3.63, 3.8) is 0 Å². The normalized spacial score (nSPS) is 17.7. The lowest BCUT2D eigenvalue weighted by atomic mass is 9.84. The Hall–Kier alpha value is -1.29. The highest BCUT2D eigenvalue weighted by molar-refractivity contribution is 5.70. The van der Waals surface area contributed by atoms with Gasteiger partial charge in [-0.05, 0) is 51.0 Å². The summed E-state index contributed by atoms with van der Waals surface area (Å²) >= 11 is 0. The van der Waals surface area contributed by atoms with Crippen LogP contribution in [0, 0.1) is 11.8 Å². The lowest BCUT2D eigenvalue weighted by Crippen LogP contribution is -2.09. The molecular formula is C23H49NO3. The van der Waals surface area contributed by atoms with Crippen LogP contribution in [0.2, 0.25) is 0 Å². The van der Waals surface area contributed by atoms with Gasteiger partial charge in [-0.3, -0.25) is 4.79 Å². The van der Waals surface area contributed by atoms with E-state index in [1.807, 2.05) is 26.0 Å². The smallest absolute Gasteiger partial charge is 0.214 e. The molecule has 164 valence electrons. The standard InChI is InChI=1S/C8H16.C6H12O.C4H8.C3H8O.C2H5NO/c1-7-4-3-5-8(2)6-7;1-4-5-6(2)7-3;2*1-3-4-2;1-2(3)4/h7-8H,3-6H2,1-2H3;5H,4H2,1-3H3;3H,1,4H2,2H3;3H2,1-2H3;1H3,(H2,3,4)/b;6-5+;;;. The van der Waals surface area contributed by atoms with E-state index < -0.39 is 0 Å². The molecule has 4 heteroatoms. The number of ether oxygens (including phenoxy) is 2. The number of hydrogen-bond acceptors (Lipinski definition) is 3. The number of primary amides is 1. The number of rotatable bonds is 4. The third-order valence-electron chi connectivity index (χ3n) is 3.59. The van der Waals surface area contributed by atoms with Gasteiger partial charge in [0.1, 0.15) is 0 Å². The van der Waals surface area contributed by atoms with Gasteiger partial charge >= 0.3 is 0 Å². The van der Waals surface area contributed by atoms with E-state index in [1.165, 1.54) is 32.6 Å². The maximum absolute atomic E-state index is 9.22.